The van der Waals surface area contributed by atoms with Crippen molar-refractivity contribution in [1.82, 2.24) is 0 Å². The zero-order valence-electron chi connectivity index (χ0n) is 11.0. The van der Waals surface area contributed by atoms with Gasteiger partial charge in [0.15, 0.2) is 11.5 Å². The van der Waals surface area contributed by atoms with Crippen molar-refractivity contribution in [3.05, 3.63) is 46.2 Å². The molecule has 2 rings (SSSR count). The summed E-state index contributed by atoms with van der Waals surface area (Å²) in [5.41, 5.74) is 7.25. The Morgan fingerprint density at radius 3 is 2.63 bits per heavy atom. The SMILES string of the molecule is CCOc1ccc([C@H](N)c2cccs2)cc1OC.Cl. The highest BCUT2D eigenvalue weighted by atomic mass is 35.5. The fourth-order valence-electron chi connectivity index (χ4n) is 1.78. The van der Waals surface area contributed by atoms with E-state index < -0.39 is 0 Å². The number of rotatable bonds is 5. The third-order valence-corrected chi connectivity index (χ3v) is 3.65. The van der Waals surface area contributed by atoms with Gasteiger partial charge in [-0.25, -0.2) is 0 Å². The molecule has 0 unspecified atom stereocenters. The molecule has 2 N–H and O–H groups in total. The highest BCUT2D eigenvalue weighted by Crippen LogP contribution is 2.32. The molecule has 5 heteroatoms. The van der Waals surface area contributed by atoms with Gasteiger partial charge in [0.05, 0.1) is 19.8 Å². The first-order chi connectivity index (χ1) is 8.76. The lowest BCUT2D eigenvalue weighted by Gasteiger charge is -2.14. The van der Waals surface area contributed by atoms with Gasteiger partial charge in [-0.15, -0.1) is 23.7 Å². The maximum absolute atomic E-state index is 6.22. The summed E-state index contributed by atoms with van der Waals surface area (Å²) >= 11 is 1.66. The molecule has 0 amide bonds. The predicted molar refractivity (Wildman–Crippen MR) is 81.8 cm³/mol. The van der Waals surface area contributed by atoms with Gasteiger partial charge in [0.25, 0.3) is 0 Å². The van der Waals surface area contributed by atoms with Crippen LogP contribution in [0.5, 0.6) is 11.5 Å². The molecule has 1 atom stereocenters. The number of hydrogen-bond acceptors (Lipinski definition) is 4. The van der Waals surface area contributed by atoms with Gasteiger partial charge in [0.2, 0.25) is 0 Å². The third-order valence-electron chi connectivity index (χ3n) is 2.70. The molecule has 0 aliphatic carbocycles. The van der Waals surface area contributed by atoms with Crippen LogP contribution in [0, 0.1) is 0 Å². The summed E-state index contributed by atoms with van der Waals surface area (Å²) in [5, 5.41) is 2.03. The van der Waals surface area contributed by atoms with Crippen molar-refractivity contribution in [3.8, 4) is 11.5 Å². The average molecular weight is 300 g/mol. The van der Waals surface area contributed by atoms with Crippen molar-refractivity contribution >= 4 is 23.7 Å². The van der Waals surface area contributed by atoms with Gasteiger partial charge in [-0.05, 0) is 36.1 Å². The van der Waals surface area contributed by atoms with Crippen LogP contribution in [-0.4, -0.2) is 13.7 Å². The van der Waals surface area contributed by atoms with E-state index in [1.54, 1.807) is 18.4 Å². The normalized spacial score (nSPS) is 11.5. The zero-order valence-corrected chi connectivity index (χ0v) is 12.6. The van der Waals surface area contributed by atoms with Crippen molar-refractivity contribution in [2.24, 2.45) is 5.73 Å². The van der Waals surface area contributed by atoms with E-state index in [1.807, 2.05) is 42.6 Å². The molecule has 0 saturated heterocycles. The van der Waals surface area contributed by atoms with Crippen molar-refractivity contribution < 1.29 is 9.47 Å². The fraction of sp³-hybridized carbons (Fsp3) is 0.286. The van der Waals surface area contributed by atoms with Gasteiger partial charge in [-0.3, -0.25) is 0 Å². The quantitative estimate of drug-likeness (QED) is 0.917. The molecular formula is C14H18ClNO2S. The van der Waals surface area contributed by atoms with Gasteiger partial charge in [-0.1, -0.05) is 12.1 Å². The second kappa shape index (κ2) is 7.38. The van der Waals surface area contributed by atoms with Crippen molar-refractivity contribution in [1.29, 1.82) is 0 Å². The van der Waals surface area contributed by atoms with E-state index in [1.165, 1.54) is 0 Å². The van der Waals surface area contributed by atoms with Crippen LogP contribution in [0.2, 0.25) is 0 Å². The molecule has 0 aliphatic rings. The molecule has 0 radical (unpaired) electrons. The molecule has 19 heavy (non-hydrogen) atoms. The molecule has 0 saturated carbocycles. The predicted octanol–water partition coefficient (Wildman–Crippen LogP) is 3.63. The number of halogens is 1. The van der Waals surface area contributed by atoms with Crippen LogP contribution < -0.4 is 15.2 Å². The monoisotopic (exact) mass is 299 g/mol. The summed E-state index contributed by atoms with van der Waals surface area (Å²) in [6, 6.07) is 9.76. The topological polar surface area (TPSA) is 44.5 Å². The third kappa shape index (κ3) is 3.62. The standard InChI is InChI=1S/C14H17NO2S.ClH/c1-3-17-11-7-6-10(9-12(11)16-2)14(15)13-5-4-8-18-13;/h4-9,14H,3,15H2,1-2H3;1H/t14-;/m0./s1. The second-order valence-corrected chi connectivity index (χ2v) is 4.82. The van der Waals surface area contributed by atoms with E-state index in [0.29, 0.717) is 6.61 Å². The summed E-state index contributed by atoms with van der Waals surface area (Å²) in [4.78, 5) is 1.14. The van der Waals surface area contributed by atoms with Crippen LogP contribution in [-0.2, 0) is 0 Å². The Bertz CT molecular complexity index is 502. The maximum Gasteiger partial charge on any atom is 0.161 e. The summed E-state index contributed by atoms with van der Waals surface area (Å²) in [6.07, 6.45) is 0. The number of nitrogens with two attached hydrogens (primary N) is 1. The van der Waals surface area contributed by atoms with Crippen LogP contribution in [0.3, 0.4) is 0 Å². The second-order valence-electron chi connectivity index (χ2n) is 3.84. The summed E-state index contributed by atoms with van der Waals surface area (Å²) in [7, 11) is 1.64. The van der Waals surface area contributed by atoms with Crippen molar-refractivity contribution in [2.75, 3.05) is 13.7 Å². The lowest BCUT2D eigenvalue weighted by atomic mass is 10.1. The zero-order chi connectivity index (χ0) is 13.0. The van der Waals surface area contributed by atoms with Crippen LogP contribution in [0.15, 0.2) is 35.7 Å². The Morgan fingerprint density at radius 2 is 2.05 bits per heavy atom. The Hall–Kier alpha value is -1.23. The molecule has 0 fully saturated rings. The largest absolute Gasteiger partial charge is 0.493 e. The van der Waals surface area contributed by atoms with Crippen LogP contribution >= 0.6 is 23.7 Å². The fourth-order valence-corrected chi connectivity index (χ4v) is 2.54. The Balaban J connectivity index is 0.00000180. The van der Waals surface area contributed by atoms with Crippen LogP contribution in [0.25, 0.3) is 0 Å². The molecule has 0 aliphatic heterocycles. The van der Waals surface area contributed by atoms with E-state index in [4.69, 9.17) is 15.2 Å². The molecule has 0 spiro atoms. The highest BCUT2D eigenvalue weighted by Gasteiger charge is 2.13. The summed E-state index contributed by atoms with van der Waals surface area (Å²) in [6.45, 7) is 2.57. The molecule has 1 aromatic heterocycles. The number of methoxy groups -OCH3 is 1. The molecule has 1 heterocycles. The minimum Gasteiger partial charge on any atom is -0.493 e. The van der Waals surface area contributed by atoms with Crippen LogP contribution in [0.1, 0.15) is 23.4 Å². The number of thiophene rings is 1. The van der Waals surface area contributed by atoms with Gasteiger partial charge < -0.3 is 15.2 Å². The van der Waals surface area contributed by atoms with Gasteiger partial charge in [0.1, 0.15) is 0 Å². The Morgan fingerprint density at radius 1 is 1.26 bits per heavy atom. The lowest BCUT2D eigenvalue weighted by molar-refractivity contribution is 0.310. The first-order valence-corrected chi connectivity index (χ1v) is 6.74. The molecule has 2 aromatic rings. The van der Waals surface area contributed by atoms with E-state index >= 15 is 0 Å². The molecule has 1 aromatic carbocycles. The van der Waals surface area contributed by atoms with Gasteiger partial charge >= 0.3 is 0 Å². The number of hydrogen-bond donors (Lipinski definition) is 1. The average Bonchev–Trinajstić information content (AvgIpc) is 2.92. The summed E-state index contributed by atoms with van der Waals surface area (Å²) < 4.78 is 10.8. The highest BCUT2D eigenvalue weighted by molar-refractivity contribution is 7.10. The molecule has 3 nitrogen and oxygen atoms in total. The minimum atomic E-state index is -0.116. The van der Waals surface area contributed by atoms with E-state index in [-0.39, 0.29) is 18.4 Å². The van der Waals surface area contributed by atoms with Gasteiger partial charge in [0, 0.05) is 4.88 Å². The molecular weight excluding hydrogens is 282 g/mol. The lowest BCUT2D eigenvalue weighted by Crippen LogP contribution is -2.10. The van der Waals surface area contributed by atoms with Gasteiger partial charge in [-0.2, -0.15) is 0 Å². The van der Waals surface area contributed by atoms with Crippen molar-refractivity contribution in [3.63, 3.8) is 0 Å². The summed E-state index contributed by atoms with van der Waals surface area (Å²) in [5.74, 6) is 1.48. The smallest absolute Gasteiger partial charge is 0.161 e. The first-order valence-electron chi connectivity index (χ1n) is 5.86. The van der Waals surface area contributed by atoms with E-state index in [0.717, 1.165) is 21.9 Å². The Labute approximate surface area is 123 Å². The molecule has 0 bridgehead atoms. The minimum absolute atomic E-state index is 0. The number of benzene rings is 1. The number of ether oxygens (including phenoxy) is 2. The van der Waals surface area contributed by atoms with Crippen LogP contribution in [0.4, 0.5) is 0 Å². The van der Waals surface area contributed by atoms with E-state index in [2.05, 4.69) is 0 Å². The maximum atomic E-state index is 6.22. The Kier molecular flexibility index (Phi) is 6.15. The van der Waals surface area contributed by atoms with Crippen molar-refractivity contribution in [2.45, 2.75) is 13.0 Å². The molecule has 104 valence electrons. The first kappa shape index (κ1) is 15.8. The van der Waals surface area contributed by atoms with E-state index in [9.17, 15) is 0 Å².